The molecular formula is C20H18N2O5S. The molecule has 3 rings (SSSR count). The lowest BCUT2D eigenvalue weighted by Gasteiger charge is -2.12. The van der Waals surface area contributed by atoms with Crippen LogP contribution in [0.15, 0.2) is 53.9 Å². The first-order valence-corrected chi connectivity index (χ1v) is 9.29. The van der Waals surface area contributed by atoms with Gasteiger partial charge in [-0.25, -0.2) is 4.79 Å². The third-order valence-electron chi connectivity index (χ3n) is 4.10. The maximum atomic E-state index is 12.0. The number of aliphatic hydroxyl groups excluding tert-OH is 1. The van der Waals surface area contributed by atoms with E-state index in [0.29, 0.717) is 16.8 Å². The Morgan fingerprint density at radius 3 is 2.50 bits per heavy atom. The highest BCUT2D eigenvalue weighted by atomic mass is 32.1. The number of carbonyl (C=O) groups is 3. The van der Waals surface area contributed by atoms with Crippen LogP contribution < -0.4 is 10.6 Å². The molecule has 0 radical (unpaired) electrons. The molecule has 0 unspecified atom stereocenters. The Balaban J connectivity index is 1.55. The summed E-state index contributed by atoms with van der Waals surface area (Å²) in [4.78, 5) is 35.4. The predicted molar refractivity (Wildman–Crippen MR) is 106 cm³/mol. The summed E-state index contributed by atoms with van der Waals surface area (Å²) < 4.78 is 5.63. The minimum absolute atomic E-state index is 0.0890. The van der Waals surface area contributed by atoms with Gasteiger partial charge in [0.05, 0.1) is 18.8 Å². The Bertz CT molecular complexity index is 1010. The average molecular weight is 398 g/mol. The number of thiophene rings is 1. The van der Waals surface area contributed by atoms with E-state index in [1.807, 2.05) is 29.6 Å². The summed E-state index contributed by atoms with van der Waals surface area (Å²) in [5.74, 6) is -2.23. The Labute approximate surface area is 164 Å². The van der Waals surface area contributed by atoms with Gasteiger partial charge in [0, 0.05) is 22.5 Å². The summed E-state index contributed by atoms with van der Waals surface area (Å²) in [7, 11) is 1.27. The third kappa shape index (κ3) is 4.36. The summed E-state index contributed by atoms with van der Waals surface area (Å²) >= 11 is 1.50. The Kier molecular flexibility index (Phi) is 6.03. The molecule has 2 amide bonds. The van der Waals surface area contributed by atoms with Crippen LogP contribution in [0.1, 0.15) is 22.0 Å². The minimum atomic E-state index is -0.924. The van der Waals surface area contributed by atoms with Crippen LogP contribution in [0.3, 0.4) is 0 Å². The highest BCUT2D eigenvalue weighted by Crippen LogP contribution is 2.29. The quantitative estimate of drug-likeness (QED) is 0.452. The summed E-state index contributed by atoms with van der Waals surface area (Å²) in [6.45, 7) is -0.0890. The van der Waals surface area contributed by atoms with E-state index in [0.717, 1.165) is 10.1 Å². The number of esters is 1. The van der Waals surface area contributed by atoms with Gasteiger partial charge < -0.3 is 20.5 Å². The molecule has 2 aromatic carbocycles. The van der Waals surface area contributed by atoms with E-state index in [1.165, 1.54) is 42.7 Å². The molecule has 0 saturated heterocycles. The molecule has 8 heteroatoms. The number of ether oxygens (including phenoxy) is 1. The number of hydrogen-bond acceptors (Lipinski definition) is 6. The van der Waals surface area contributed by atoms with Crippen LogP contribution >= 0.6 is 11.3 Å². The van der Waals surface area contributed by atoms with Crippen molar-refractivity contribution in [1.29, 1.82) is 0 Å². The molecular weight excluding hydrogens is 380 g/mol. The molecule has 3 N–H and O–H groups in total. The standard InChI is InChI=1S/C20H18N2O5S/c1-27-20(26)12-6-8-13(9-7-12)22-19(25)18(24)21-10-16(23)15-11-28-17-5-3-2-4-14(15)17/h2-9,11,16,23H,10H2,1H3,(H,21,24)(H,22,25)/t16-/m0/s1. The number of methoxy groups -OCH3 is 1. The van der Waals surface area contributed by atoms with Crippen LogP contribution in [0.25, 0.3) is 10.1 Å². The molecule has 0 spiro atoms. The van der Waals surface area contributed by atoms with Crippen molar-refractivity contribution in [2.45, 2.75) is 6.10 Å². The van der Waals surface area contributed by atoms with Crippen LogP contribution in [0.5, 0.6) is 0 Å². The third-order valence-corrected chi connectivity index (χ3v) is 5.08. The molecule has 0 saturated carbocycles. The van der Waals surface area contributed by atoms with Crippen LogP contribution in [-0.4, -0.2) is 36.5 Å². The number of fused-ring (bicyclic) bond motifs is 1. The van der Waals surface area contributed by atoms with E-state index in [4.69, 9.17) is 0 Å². The largest absolute Gasteiger partial charge is 0.465 e. The van der Waals surface area contributed by atoms with E-state index in [2.05, 4.69) is 15.4 Å². The molecule has 3 aromatic rings. The van der Waals surface area contributed by atoms with E-state index in [1.54, 1.807) is 0 Å². The molecule has 144 valence electrons. The maximum absolute atomic E-state index is 12.0. The van der Waals surface area contributed by atoms with Crippen molar-refractivity contribution < 1.29 is 24.2 Å². The minimum Gasteiger partial charge on any atom is -0.465 e. The highest BCUT2D eigenvalue weighted by Gasteiger charge is 2.18. The van der Waals surface area contributed by atoms with E-state index >= 15 is 0 Å². The molecule has 1 heterocycles. The molecule has 0 aliphatic heterocycles. The van der Waals surface area contributed by atoms with E-state index in [9.17, 15) is 19.5 Å². The van der Waals surface area contributed by atoms with Gasteiger partial charge in [-0.2, -0.15) is 0 Å². The number of amides is 2. The summed E-state index contributed by atoms with van der Waals surface area (Å²) in [5, 5.41) is 18.0. The topological polar surface area (TPSA) is 105 Å². The molecule has 0 aliphatic rings. The second-order valence-electron chi connectivity index (χ2n) is 5.94. The van der Waals surface area contributed by atoms with Gasteiger partial charge >= 0.3 is 17.8 Å². The number of anilines is 1. The lowest BCUT2D eigenvalue weighted by molar-refractivity contribution is -0.136. The second-order valence-corrected chi connectivity index (χ2v) is 6.85. The Morgan fingerprint density at radius 1 is 1.07 bits per heavy atom. The number of rotatable bonds is 5. The molecule has 1 atom stereocenters. The van der Waals surface area contributed by atoms with Crippen molar-refractivity contribution in [3.63, 3.8) is 0 Å². The van der Waals surface area contributed by atoms with Crippen LogP contribution in [0, 0.1) is 0 Å². The number of nitrogens with one attached hydrogen (secondary N) is 2. The fraction of sp³-hybridized carbons (Fsp3) is 0.150. The van der Waals surface area contributed by atoms with Crippen LogP contribution in [-0.2, 0) is 14.3 Å². The van der Waals surface area contributed by atoms with E-state index in [-0.39, 0.29) is 6.54 Å². The molecule has 7 nitrogen and oxygen atoms in total. The van der Waals surface area contributed by atoms with Gasteiger partial charge in [0.2, 0.25) is 0 Å². The van der Waals surface area contributed by atoms with Gasteiger partial charge in [0.1, 0.15) is 0 Å². The van der Waals surface area contributed by atoms with Gasteiger partial charge in [-0.3, -0.25) is 9.59 Å². The van der Waals surface area contributed by atoms with Crippen molar-refractivity contribution >= 4 is 44.9 Å². The Hall–Kier alpha value is -3.23. The summed E-state index contributed by atoms with van der Waals surface area (Å²) in [6, 6.07) is 13.6. The molecule has 1 aromatic heterocycles. The summed E-state index contributed by atoms with van der Waals surface area (Å²) in [6.07, 6.45) is -0.924. The van der Waals surface area contributed by atoms with Crippen LogP contribution in [0.4, 0.5) is 5.69 Å². The zero-order chi connectivity index (χ0) is 20.1. The van der Waals surface area contributed by atoms with Crippen molar-refractivity contribution in [1.82, 2.24) is 5.32 Å². The number of aliphatic hydroxyl groups is 1. The predicted octanol–water partition coefficient (Wildman–Crippen LogP) is 2.48. The van der Waals surface area contributed by atoms with E-state index < -0.39 is 23.9 Å². The maximum Gasteiger partial charge on any atom is 0.337 e. The lowest BCUT2D eigenvalue weighted by Crippen LogP contribution is -2.37. The lowest BCUT2D eigenvalue weighted by atomic mass is 10.1. The highest BCUT2D eigenvalue weighted by molar-refractivity contribution is 7.17. The normalized spacial score (nSPS) is 11.6. The monoisotopic (exact) mass is 398 g/mol. The fourth-order valence-corrected chi connectivity index (χ4v) is 3.64. The SMILES string of the molecule is COC(=O)c1ccc(NC(=O)C(=O)NC[C@H](O)c2csc3ccccc23)cc1. The van der Waals surface area contributed by atoms with Gasteiger partial charge in [0.25, 0.3) is 0 Å². The van der Waals surface area contributed by atoms with Gasteiger partial charge in [0.15, 0.2) is 0 Å². The van der Waals surface area contributed by atoms with Gasteiger partial charge in [-0.1, -0.05) is 18.2 Å². The van der Waals surface area contributed by atoms with Crippen LogP contribution in [0.2, 0.25) is 0 Å². The van der Waals surface area contributed by atoms with Crippen molar-refractivity contribution in [2.75, 3.05) is 19.0 Å². The first-order valence-electron chi connectivity index (χ1n) is 8.41. The molecule has 0 fully saturated rings. The molecule has 0 bridgehead atoms. The average Bonchev–Trinajstić information content (AvgIpc) is 3.16. The first kappa shape index (κ1) is 19.5. The van der Waals surface area contributed by atoms with Gasteiger partial charge in [-0.15, -0.1) is 11.3 Å². The number of benzene rings is 2. The summed E-state index contributed by atoms with van der Waals surface area (Å²) in [5.41, 5.74) is 1.40. The van der Waals surface area contributed by atoms with Crippen molar-refractivity contribution in [3.05, 3.63) is 65.0 Å². The Morgan fingerprint density at radius 2 is 1.79 bits per heavy atom. The van der Waals surface area contributed by atoms with Crippen molar-refractivity contribution in [3.8, 4) is 0 Å². The fourth-order valence-electron chi connectivity index (χ4n) is 2.63. The second kappa shape index (κ2) is 8.64. The first-order chi connectivity index (χ1) is 13.5. The van der Waals surface area contributed by atoms with Gasteiger partial charge in [-0.05, 0) is 41.1 Å². The number of carbonyl (C=O) groups excluding carboxylic acids is 3. The zero-order valence-corrected chi connectivity index (χ0v) is 15.8. The smallest absolute Gasteiger partial charge is 0.337 e. The zero-order valence-electron chi connectivity index (χ0n) is 15.0. The number of hydrogen-bond donors (Lipinski definition) is 3. The van der Waals surface area contributed by atoms with Crippen molar-refractivity contribution in [2.24, 2.45) is 0 Å². The molecule has 28 heavy (non-hydrogen) atoms. The molecule has 0 aliphatic carbocycles.